The standard InChI is InChI=1S/C34H23ClFNO4/c1-41-24-9-5-7-21(18-24)31(38)30-29(20-6-4-8-22(35)16-20)34(32(39)25-10-2-3-11-26(25)33(34)40)28-15-12-19-17-23(36)13-14-27(19)37(28)30/h2-18,28-30H,1H3/t28-,29+,30-/m0/s1. The highest BCUT2D eigenvalue weighted by atomic mass is 35.5. The summed E-state index contributed by atoms with van der Waals surface area (Å²) < 4.78 is 19.8. The molecule has 0 N–H and O–H groups in total. The van der Waals surface area contributed by atoms with Crippen molar-refractivity contribution >= 4 is 40.7 Å². The number of ether oxygens (including phenoxy) is 1. The monoisotopic (exact) mass is 563 g/mol. The number of Topliss-reactive ketones (excluding diaryl/α,β-unsaturated/α-hetero) is 3. The van der Waals surface area contributed by atoms with E-state index in [0.29, 0.717) is 44.3 Å². The Hall–Kier alpha value is -4.55. The molecule has 4 aromatic carbocycles. The number of ketones is 3. The molecular weight excluding hydrogens is 541 g/mol. The van der Waals surface area contributed by atoms with Crippen LogP contribution in [0.4, 0.5) is 10.1 Å². The molecule has 5 nitrogen and oxygen atoms in total. The third-order valence-corrected chi connectivity index (χ3v) is 8.83. The molecule has 2 aliphatic heterocycles. The fraction of sp³-hybridized carbons (Fsp3) is 0.147. The number of halogens is 2. The van der Waals surface area contributed by atoms with Gasteiger partial charge in [0.25, 0.3) is 0 Å². The van der Waals surface area contributed by atoms with Crippen molar-refractivity contribution in [3.8, 4) is 5.75 Å². The first-order chi connectivity index (χ1) is 19.9. The molecular formula is C34H23ClFNO4. The molecule has 3 aliphatic rings. The van der Waals surface area contributed by atoms with Crippen LogP contribution in [0, 0.1) is 11.2 Å². The lowest BCUT2D eigenvalue weighted by atomic mass is 9.64. The molecule has 7 heteroatoms. The molecule has 3 atom stereocenters. The molecule has 7 rings (SSSR count). The van der Waals surface area contributed by atoms with Crippen molar-refractivity contribution in [1.29, 1.82) is 0 Å². The van der Waals surface area contributed by atoms with E-state index in [1.165, 1.54) is 19.2 Å². The second-order valence-electron chi connectivity index (χ2n) is 10.6. The van der Waals surface area contributed by atoms with Crippen molar-refractivity contribution in [2.45, 2.75) is 18.0 Å². The van der Waals surface area contributed by atoms with Crippen LogP contribution in [-0.2, 0) is 0 Å². The molecule has 0 bridgehead atoms. The summed E-state index contributed by atoms with van der Waals surface area (Å²) in [7, 11) is 1.52. The Labute approximate surface area is 240 Å². The van der Waals surface area contributed by atoms with Crippen LogP contribution < -0.4 is 9.64 Å². The third-order valence-electron chi connectivity index (χ3n) is 8.60. The predicted molar refractivity (Wildman–Crippen MR) is 155 cm³/mol. The topological polar surface area (TPSA) is 63.7 Å². The van der Waals surface area contributed by atoms with Gasteiger partial charge in [-0.05, 0) is 48.0 Å². The highest BCUT2D eigenvalue weighted by Gasteiger charge is 2.71. The van der Waals surface area contributed by atoms with Crippen LogP contribution in [0.1, 0.15) is 48.1 Å². The number of carbonyl (C=O) groups is 3. The fourth-order valence-electron chi connectivity index (χ4n) is 6.97. The fourth-order valence-corrected chi connectivity index (χ4v) is 7.17. The summed E-state index contributed by atoms with van der Waals surface area (Å²) in [5.74, 6) is -1.80. The maximum atomic E-state index is 14.7. The summed E-state index contributed by atoms with van der Waals surface area (Å²) in [5, 5.41) is 0.420. The molecule has 1 fully saturated rings. The zero-order valence-corrected chi connectivity index (χ0v) is 22.6. The van der Waals surface area contributed by atoms with Gasteiger partial charge in [-0.25, -0.2) is 4.39 Å². The molecule has 0 aromatic heterocycles. The van der Waals surface area contributed by atoms with Crippen LogP contribution in [0.25, 0.3) is 6.08 Å². The zero-order valence-electron chi connectivity index (χ0n) is 21.9. The van der Waals surface area contributed by atoms with Crippen molar-refractivity contribution < 1.29 is 23.5 Å². The van der Waals surface area contributed by atoms with E-state index in [1.54, 1.807) is 91.0 Å². The first-order valence-corrected chi connectivity index (χ1v) is 13.6. The van der Waals surface area contributed by atoms with E-state index in [2.05, 4.69) is 0 Å². The SMILES string of the molecule is COc1cccc(C(=O)[C@@H]2[C@@H](c3cccc(Cl)c3)C3(C(=O)c4ccccc4C3=O)[C@@H]3C=Cc4cc(F)ccc4N23)c1. The Morgan fingerprint density at radius 2 is 1.63 bits per heavy atom. The van der Waals surface area contributed by atoms with E-state index < -0.39 is 29.2 Å². The van der Waals surface area contributed by atoms with Gasteiger partial charge in [-0.1, -0.05) is 72.3 Å². The van der Waals surface area contributed by atoms with E-state index in [0.717, 1.165) is 0 Å². The first-order valence-electron chi connectivity index (χ1n) is 13.2. The van der Waals surface area contributed by atoms with E-state index in [1.807, 2.05) is 4.90 Å². The van der Waals surface area contributed by atoms with Crippen molar-refractivity contribution in [2.75, 3.05) is 12.0 Å². The van der Waals surface area contributed by atoms with Crippen molar-refractivity contribution in [2.24, 2.45) is 5.41 Å². The number of fused-ring (bicyclic) bond motifs is 5. The number of carbonyl (C=O) groups excluding carboxylic acids is 3. The molecule has 202 valence electrons. The highest BCUT2D eigenvalue weighted by molar-refractivity contribution is 6.33. The minimum atomic E-state index is -1.66. The average Bonchev–Trinajstić information content (AvgIpc) is 3.42. The molecule has 0 radical (unpaired) electrons. The Bertz CT molecular complexity index is 1780. The number of anilines is 1. The summed E-state index contributed by atoms with van der Waals surface area (Å²) in [6.45, 7) is 0. The predicted octanol–water partition coefficient (Wildman–Crippen LogP) is 6.80. The molecule has 1 saturated heterocycles. The number of benzene rings is 4. The largest absolute Gasteiger partial charge is 0.497 e. The van der Waals surface area contributed by atoms with Crippen molar-refractivity contribution in [3.63, 3.8) is 0 Å². The summed E-state index contributed by atoms with van der Waals surface area (Å²) >= 11 is 6.47. The second kappa shape index (κ2) is 9.25. The van der Waals surface area contributed by atoms with Gasteiger partial charge in [0.1, 0.15) is 23.0 Å². The quantitative estimate of drug-likeness (QED) is 0.202. The van der Waals surface area contributed by atoms with Gasteiger partial charge in [0.15, 0.2) is 17.3 Å². The van der Waals surface area contributed by atoms with Crippen LogP contribution >= 0.6 is 11.6 Å². The minimum absolute atomic E-state index is 0.294. The van der Waals surface area contributed by atoms with Gasteiger partial charge in [0.05, 0.1) is 13.2 Å². The maximum absolute atomic E-state index is 14.7. The first kappa shape index (κ1) is 25.4. The van der Waals surface area contributed by atoms with E-state index in [4.69, 9.17) is 16.3 Å². The Morgan fingerprint density at radius 1 is 0.902 bits per heavy atom. The smallest absolute Gasteiger partial charge is 0.186 e. The molecule has 41 heavy (non-hydrogen) atoms. The van der Waals surface area contributed by atoms with Gasteiger partial charge < -0.3 is 9.64 Å². The number of hydrogen-bond acceptors (Lipinski definition) is 5. The van der Waals surface area contributed by atoms with E-state index in [9.17, 15) is 18.8 Å². The molecule has 0 saturated carbocycles. The molecule has 2 heterocycles. The van der Waals surface area contributed by atoms with Gasteiger partial charge in [-0.2, -0.15) is 0 Å². The van der Waals surface area contributed by atoms with Crippen molar-refractivity contribution in [1.82, 2.24) is 0 Å². The summed E-state index contributed by atoms with van der Waals surface area (Å²) in [6, 6.07) is 23.1. The zero-order chi connectivity index (χ0) is 28.5. The summed E-state index contributed by atoms with van der Waals surface area (Å²) in [5.41, 5.74) is 1.10. The van der Waals surface area contributed by atoms with E-state index in [-0.39, 0.29) is 17.3 Å². The Kier molecular flexibility index (Phi) is 5.73. The second-order valence-corrected chi connectivity index (χ2v) is 11.0. The highest BCUT2D eigenvalue weighted by Crippen LogP contribution is 2.61. The average molecular weight is 564 g/mol. The van der Waals surface area contributed by atoms with Gasteiger partial charge in [0.2, 0.25) is 0 Å². The maximum Gasteiger partial charge on any atom is 0.186 e. The number of nitrogens with zero attached hydrogens (tertiary/aromatic N) is 1. The lowest BCUT2D eigenvalue weighted by Gasteiger charge is -2.37. The van der Waals surface area contributed by atoms with Gasteiger partial charge in [-0.3, -0.25) is 14.4 Å². The summed E-state index contributed by atoms with van der Waals surface area (Å²) in [6.07, 6.45) is 3.50. The van der Waals surface area contributed by atoms with Crippen LogP contribution in [0.5, 0.6) is 5.75 Å². The summed E-state index contributed by atoms with van der Waals surface area (Å²) in [4.78, 5) is 45.8. The molecule has 0 amide bonds. The molecule has 1 aliphatic carbocycles. The van der Waals surface area contributed by atoms with Crippen LogP contribution in [0.3, 0.4) is 0 Å². The van der Waals surface area contributed by atoms with E-state index >= 15 is 0 Å². The van der Waals surface area contributed by atoms with Crippen molar-refractivity contribution in [3.05, 3.63) is 136 Å². The number of rotatable bonds is 4. The number of methoxy groups -OCH3 is 1. The Morgan fingerprint density at radius 3 is 2.34 bits per heavy atom. The Balaban J connectivity index is 1.55. The third kappa shape index (κ3) is 3.50. The molecule has 4 aromatic rings. The molecule has 1 spiro atoms. The normalized spacial score (nSPS) is 21.5. The van der Waals surface area contributed by atoms with Crippen LogP contribution in [0.2, 0.25) is 5.02 Å². The lowest BCUT2D eigenvalue weighted by molar-refractivity contribution is 0.0666. The molecule has 0 unspecified atom stereocenters. The lowest BCUT2D eigenvalue weighted by Crippen LogP contribution is -2.48. The minimum Gasteiger partial charge on any atom is -0.497 e. The number of hydrogen-bond donors (Lipinski definition) is 0. The van der Waals surface area contributed by atoms with Gasteiger partial charge in [-0.15, -0.1) is 0 Å². The van der Waals surface area contributed by atoms with Gasteiger partial charge in [0, 0.05) is 38.9 Å². The van der Waals surface area contributed by atoms with Gasteiger partial charge >= 0.3 is 0 Å². The van der Waals surface area contributed by atoms with Crippen LogP contribution in [-0.4, -0.2) is 36.5 Å². The van der Waals surface area contributed by atoms with Crippen LogP contribution in [0.15, 0.2) is 97.1 Å².